The van der Waals surface area contributed by atoms with Crippen LogP contribution in [0.2, 0.25) is 5.02 Å². The number of halogens is 1. The Morgan fingerprint density at radius 2 is 1.81 bits per heavy atom. The number of esters is 1. The van der Waals surface area contributed by atoms with E-state index < -0.39 is 21.6 Å². The van der Waals surface area contributed by atoms with Crippen molar-refractivity contribution in [3.8, 4) is 5.88 Å². The molecule has 0 amide bonds. The van der Waals surface area contributed by atoms with Crippen molar-refractivity contribution >= 4 is 33.2 Å². The van der Waals surface area contributed by atoms with Crippen LogP contribution in [0.15, 0.2) is 35.5 Å². The normalized spacial score (nSPS) is 11.5. The first kappa shape index (κ1) is 22.8. The molecule has 8 nitrogen and oxygen atoms in total. The number of aromatic nitrogens is 3. The zero-order valence-electron chi connectivity index (χ0n) is 17.8. The van der Waals surface area contributed by atoms with Crippen LogP contribution in [0.1, 0.15) is 44.5 Å². The number of rotatable bonds is 6. The third-order valence-corrected chi connectivity index (χ3v) is 6.73. The van der Waals surface area contributed by atoms with Crippen LogP contribution in [-0.2, 0) is 30.4 Å². The lowest BCUT2D eigenvalue weighted by Gasteiger charge is -2.12. The fraction of sp³-hybridized carbons (Fsp3) is 0.286. The second kappa shape index (κ2) is 8.32. The molecule has 0 fully saturated rings. The summed E-state index contributed by atoms with van der Waals surface area (Å²) >= 11 is 6.43. The number of ether oxygens (including phenoxy) is 1. The Bertz CT molecular complexity index is 1300. The maximum atomic E-state index is 13.2. The smallest absolute Gasteiger partial charge is 0.346 e. The fourth-order valence-corrected chi connectivity index (χ4v) is 4.72. The summed E-state index contributed by atoms with van der Waals surface area (Å²) in [6.45, 7) is 3.53. The van der Waals surface area contributed by atoms with Crippen molar-refractivity contribution < 1.29 is 22.7 Å². The highest BCUT2D eigenvalue weighted by molar-refractivity contribution is 7.90. The van der Waals surface area contributed by atoms with E-state index in [1.807, 2.05) is 0 Å². The number of sulfone groups is 1. The van der Waals surface area contributed by atoms with Crippen LogP contribution in [-0.4, -0.2) is 40.8 Å². The summed E-state index contributed by atoms with van der Waals surface area (Å²) in [7, 11) is -0.163. The number of carbonyl (C=O) groups excluding carboxylic acids is 2. The number of aryl methyl sites for hydroxylation is 2. The van der Waals surface area contributed by atoms with Crippen molar-refractivity contribution in [2.75, 3.05) is 6.26 Å². The van der Waals surface area contributed by atoms with Gasteiger partial charge in [0.15, 0.2) is 9.84 Å². The molecule has 0 unspecified atom stereocenters. The van der Waals surface area contributed by atoms with E-state index in [-0.39, 0.29) is 26.9 Å². The quantitative estimate of drug-likeness (QED) is 0.411. The largest absolute Gasteiger partial charge is 0.403 e. The summed E-state index contributed by atoms with van der Waals surface area (Å²) in [6, 6.07) is 4.35. The number of hydrogen-bond acceptors (Lipinski definition) is 6. The summed E-state index contributed by atoms with van der Waals surface area (Å²) in [6.07, 6.45) is 4.43. The number of hydrogen-bond donors (Lipinski definition) is 0. The highest BCUT2D eigenvalue weighted by Crippen LogP contribution is 2.32. The molecule has 2 heterocycles. The molecule has 0 saturated carbocycles. The Morgan fingerprint density at radius 1 is 1.13 bits per heavy atom. The molecule has 0 atom stereocenters. The third kappa shape index (κ3) is 4.15. The first-order chi connectivity index (χ1) is 14.5. The van der Waals surface area contributed by atoms with Crippen LogP contribution >= 0.6 is 11.6 Å². The molecule has 0 aliphatic heterocycles. The predicted octanol–water partition coefficient (Wildman–Crippen LogP) is 3.14. The first-order valence-corrected chi connectivity index (χ1v) is 11.7. The van der Waals surface area contributed by atoms with Crippen molar-refractivity contribution in [3.63, 3.8) is 0 Å². The molecule has 10 heteroatoms. The highest BCUT2D eigenvalue weighted by Gasteiger charge is 2.27. The summed E-state index contributed by atoms with van der Waals surface area (Å²) in [5.41, 5.74) is 1.59. The number of ketones is 1. The van der Waals surface area contributed by atoms with Crippen LogP contribution < -0.4 is 4.74 Å². The minimum atomic E-state index is -3.51. The molecule has 2 aromatic heterocycles. The predicted molar refractivity (Wildman–Crippen MR) is 116 cm³/mol. The molecule has 3 rings (SSSR count). The van der Waals surface area contributed by atoms with E-state index in [4.69, 9.17) is 16.3 Å². The zero-order valence-corrected chi connectivity index (χ0v) is 19.3. The zero-order chi connectivity index (χ0) is 23.1. The van der Waals surface area contributed by atoms with E-state index in [9.17, 15) is 18.0 Å². The van der Waals surface area contributed by atoms with Crippen molar-refractivity contribution in [2.45, 2.75) is 25.2 Å². The molecule has 0 radical (unpaired) electrons. The Hall–Kier alpha value is -2.91. The summed E-state index contributed by atoms with van der Waals surface area (Å²) in [5.74, 6) is -1.18. The van der Waals surface area contributed by atoms with Crippen LogP contribution in [0, 0.1) is 6.92 Å². The number of benzene rings is 1. The molecule has 0 N–H and O–H groups in total. The van der Waals surface area contributed by atoms with E-state index in [0.29, 0.717) is 23.2 Å². The van der Waals surface area contributed by atoms with Gasteiger partial charge in [-0.15, -0.1) is 0 Å². The van der Waals surface area contributed by atoms with Gasteiger partial charge in [-0.05, 0) is 37.1 Å². The van der Waals surface area contributed by atoms with Crippen molar-refractivity contribution in [3.05, 3.63) is 63.6 Å². The maximum absolute atomic E-state index is 13.2. The Kier molecular flexibility index (Phi) is 6.11. The van der Waals surface area contributed by atoms with Gasteiger partial charge in [-0.2, -0.15) is 5.10 Å². The number of nitrogens with zero attached hydrogens (tertiary/aromatic N) is 3. The van der Waals surface area contributed by atoms with Gasteiger partial charge in [0.2, 0.25) is 11.7 Å². The molecule has 0 aliphatic carbocycles. The minimum absolute atomic E-state index is 0.0282. The molecule has 0 bridgehead atoms. The van der Waals surface area contributed by atoms with Gasteiger partial charge in [-0.25, -0.2) is 17.9 Å². The van der Waals surface area contributed by atoms with Crippen molar-refractivity contribution in [1.82, 2.24) is 14.3 Å². The Balaban J connectivity index is 2.03. The van der Waals surface area contributed by atoms with Crippen LogP contribution in [0.25, 0.3) is 0 Å². The molecular formula is C21H22ClN3O5S. The lowest BCUT2D eigenvalue weighted by molar-refractivity contribution is 0.0717. The molecule has 31 heavy (non-hydrogen) atoms. The topological polar surface area (TPSA) is 100 Å². The van der Waals surface area contributed by atoms with E-state index in [2.05, 4.69) is 5.10 Å². The van der Waals surface area contributed by atoms with Gasteiger partial charge < -0.3 is 9.30 Å². The average Bonchev–Trinajstić information content (AvgIpc) is 3.22. The molecule has 1 aromatic carbocycles. The standard InChI is InChI=1S/C21H22ClN3O5S/c1-6-13-17(31(5,28)29)8-7-15(18(13)22)19(26)16-11-23-25(4)20(16)30-21(27)14-9-10-24(3)12(14)2/h7-11H,6H2,1-5H3. The monoisotopic (exact) mass is 463 g/mol. The summed E-state index contributed by atoms with van der Waals surface area (Å²) in [5, 5.41) is 4.09. The van der Waals surface area contributed by atoms with Crippen molar-refractivity contribution in [1.29, 1.82) is 0 Å². The molecule has 0 saturated heterocycles. The Labute approximate surface area is 185 Å². The van der Waals surface area contributed by atoms with E-state index in [1.165, 1.54) is 23.0 Å². The lowest BCUT2D eigenvalue weighted by atomic mass is 10.0. The van der Waals surface area contributed by atoms with E-state index in [0.717, 1.165) is 6.26 Å². The second-order valence-corrected chi connectivity index (χ2v) is 9.52. The summed E-state index contributed by atoms with van der Waals surface area (Å²) in [4.78, 5) is 26.0. The van der Waals surface area contributed by atoms with Gasteiger partial charge >= 0.3 is 5.97 Å². The molecule has 0 aliphatic rings. The Morgan fingerprint density at radius 3 is 2.35 bits per heavy atom. The average molecular weight is 464 g/mol. The van der Waals surface area contributed by atoms with Gasteiger partial charge in [0.1, 0.15) is 5.56 Å². The fourth-order valence-electron chi connectivity index (χ4n) is 3.27. The number of carbonyl (C=O) groups is 2. The van der Waals surface area contributed by atoms with Crippen molar-refractivity contribution in [2.24, 2.45) is 14.1 Å². The molecular weight excluding hydrogens is 442 g/mol. The molecule has 164 valence electrons. The van der Waals surface area contributed by atoms with Gasteiger partial charge in [-0.3, -0.25) is 4.79 Å². The minimum Gasteiger partial charge on any atom is -0.403 e. The highest BCUT2D eigenvalue weighted by atomic mass is 35.5. The first-order valence-electron chi connectivity index (χ1n) is 9.39. The van der Waals surface area contributed by atoms with Gasteiger partial charge in [0.25, 0.3) is 0 Å². The van der Waals surface area contributed by atoms with Gasteiger partial charge in [0.05, 0.1) is 21.7 Å². The van der Waals surface area contributed by atoms with E-state index in [1.54, 1.807) is 44.8 Å². The SMILES string of the molecule is CCc1c(S(C)(=O)=O)ccc(C(=O)c2cnn(C)c2OC(=O)c2ccn(C)c2C)c1Cl. The molecule has 0 spiro atoms. The van der Waals surface area contributed by atoms with Gasteiger partial charge in [0, 0.05) is 37.8 Å². The molecule has 3 aromatic rings. The van der Waals surface area contributed by atoms with Crippen LogP contribution in [0.4, 0.5) is 0 Å². The van der Waals surface area contributed by atoms with Gasteiger partial charge in [-0.1, -0.05) is 18.5 Å². The second-order valence-electron chi connectivity index (χ2n) is 7.16. The summed E-state index contributed by atoms with van der Waals surface area (Å²) < 4.78 is 32.6. The third-order valence-electron chi connectivity index (χ3n) is 5.12. The lowest BCUT2D eigenvalue weighted by Crippen LogP contribution is -2.15. The van der Waals surface area contributed by atoms with Crippen LogP contribution in [0.3, 0.4) is 0 Å². The maximum Gasteiger partial charge on any atom is 0.346 e. The van der Waals surface area contributed by atoms with E-state index >= 15 is 0 Å². The van der Waals surface area contributed by atoms with Crippen LogP contribution in [0.5, 0.6) is 5.88 Å².